The normalized spacial score (nSPS) is 11.2. The Hall–Kier alpha value is -1.40. The second-order valence-corrected chi connectivity index (χ2v) is 4.91. The van der Waals surface area contributed by atoms with Crippen LogP contribution in [-0.2, 0) is 9.40 Å². The number of anilines is 1. The van der Waals surface area contributed by atoms with Crippen LogP contribution in [0.25, 0.3) is 0 Å². The van der Waals surface area contributed by atoms with Gasteiger partial charge in [-0.25, -0.2) is 4.57 Å². The monoisotopic (exact) mass is 289 g/mol. The third kappa shape index (κ3) is 4.04. The summed E-state index contributed by atoms with van der Waals surface area (Å²) in [7, 11) is -4.94. The molecule has 19 heavy (non-hydrogen) atoms. The van der Waals surface area contributed by atoms with E-state index in [2.05, 4.69) is 0 Å². The minimum absolute atomic E-state index is 0.0756. The van der Waals surface area contributed by atoms with E-state index in [-0.39, 0.29) is 12.3 Å². The highest BCUT2D eigenvalue weighted by Crippen LogP contribution is 2.41. The predicted octanol–water partition coefficient (Wildman–Crippen LogP) is 2.14. The van der Waals surface area contributed by atoms with Crippen LogP contribution in [0.15, 0.2) is 24.3 Å². The molecule has 106 valence electrons. The summed E-state index contributed by atoms with van der Waals surface area (Å²) in [6, 6.07) is 6.35. The number of carbonyl (C=O) groups excluding carboxylic acids is 1. The van der Waals surface area contributed by atoms with E-state index in [9.17, 15) is 9.36 Å². The molecular formula is C11H16NO6P. The third-order valence-corrected chi connectivity index (χ3v) is 2.75. The summed E-state index contributed by atoms with van der Waals surface area (Å²) in [5.74, 6) is 0.306. The van der Waals surface area contributed by atoms with E-state index in [4.69, 9.17) is 19.4 Å². The number of carbonyl (C=O) groups is 1. The van der Waals surface area contributed by atoms with Crippen molar-refractivity contribution >= 4 is 18.9 Å². The van der Waals surface area contributed by atoms with Crippen molar-refractivity contribution in [3.05, 3.63) is 24.3 Å². The topological polar surface area (TPSA) is 96.3 Å². The molecule has 0 bridgehead atoms. The Morgan fingerprint density at radius 1 is 1.26 bits per heavy atom. The largest absolute Gasteiger partial charge is 0.492 e. The Kier molecular flexibility index (Phi) is 5.50. The van der Waals surface area contributed by atoms with Crippen LogP contribution in [0.3, 0.4) is 0 Å². The van der Waals surface area contributed by atoms with E-state index >= 15 is 0 Å². The highest BCUT2D eigenvalue weighted by atomic mass is 31.2. The second kappa shape index (κ2) is 6.68. The van der Waals surface area contributed by atoms with E-state index in [0.29, 0.717) is 17.4 Å². The first-order valence-corrected chi connectivity index (χ1v) is 7.28. The molecular weight excluding hydrogens is 273 g/mol. The fourth-order valence-electron chi connectivity index (χ4n) is 1.38. The zero-order chi connectivity index (χ0) is 14.5. The maximum atomic E-state index is 11.7. The lowest BCUT2D eigenvalue weighted by molar-refractivity contribution is 0.132. The van der Waals surface area contributed by atoms with Gasteiger partial charge < -0.3 is 14.5 Å². The van der Waals surface area contributed by atoms with Crippen LogP contribution < -0.4 is 9.80 Å². The van der Waals surface area contributed by atoms with Crippen molar-refractivity contribution in [1.29, 1.82) is 0 Å². The Balaban J connectivity index is 3.19. The molecule has 0 fully saturated rings. The van der Waals surface area contributed by atoms with Crippen molar-refractivity contribution in [2.45, 2.75) is 13.8 Å². The molecule has 0 aliphatic rings. The predicted molar refractivity (Wildman–Crippen MR) is 69.2 cm³/mol. The van der Waals surface area contributed by atoms with E-state index in [1.165, 1.54) is 6.07 Å². The molecule has 0 unspecified atom stereocenters. The Labute approximate surface area is 110 Å². The quantitative estimate of drug-likeness (QED) is 0.615. The molecule has 1 aromatic carbocycles. The maximum Gasteiger partial charge on any atom is 0.415 e. The lowest BCUT2D eigenvalue weighted by Crippen LogP contribution is -2.30. The minimum Gasteiger partial charge on any atom is -0.492 e. The Morgan fingerprint density at radius 3 is 2.42 bits per heavy atom. The number of hydroxylamine groups is 1. The molecule has 0 heterocycles. The van der Waals surface area contributed by atoms with Gasteiger partial charge in [0, 0.05) is 0 Å². The highest BCUT2D eigenvalue weighted by Gasteiger charge is 2.35. The molecule has 0 atom stereocenters. The zero-order valence-electron chi connectivity index (χ0n) is 10.6. The number of para-hydroxylation sites is 2. The van der Waals surface area contributed by atoms with Gasteiger partial charge in [0.15, 0.2) is 0 Å². The van der Waals surface area contributed by atoms with Crippen molar-refractivity contribution < 1.29 is 28.7 Å². The van der Waals surface area contributed by atoms with Crippen LogP contribution in [-0.4, -0.2) is 28.6 Å². The number of hydrogen-bond acceptors (Lipinski definition) is 4. The minimum atomic E-state index is -4.94. The van der Waals surface area contributed by atoms with Crippen LogP contribution in [0.4, 0.5) is 10.5 Å². The van der Waals surface area contributed by atoms with Crippen molar-refractivity contribution in [1.82, 2.24) is 0 Å². The van der Waals surface area contributed by atoms with Crippen molar-refractivity contribution in [3.8, 4) is 5.75 Å². The molecule has 1 rings (SSSR count). The maximum absolute atomic E-state index is 11.7. The third-order valence-electron chi connectivity index (χ3n) is 2.07. The molecule has 0 spiro atoms. The van der Waals surface area contributed by atoms with Gasteiger partial charge in [-0.15, -0.1) is 0 Å². The molecule has 0 radical (unpaired) electrons. The molecule has 0 saturated heterocycles. The number of hydrogen-bond donors (Lipinski definition) is 2. The van der Waals surface area contributed by atoms with Gasteiger partial charge >= 0.3 is 13.2 Å². The Morgan fingerprint density at radius 2 is 1.89 bits per heavy atom. The number of nitrogens with zero attached hydrogens (tertiary/aromatic N) is 1. The molecule has 1 aromatic rings. The molecule has 0 aliphatic heterocycles. The van der Waals surface area contributed by atoms with Crippen LogP contribution >= 0.6 is 7.60 Å². The van der Waals surface area contributed by atoms with Crippen LogP contribution in [0.1, 0.15) is 13.8 Å². The molecule has 0 aromatic heterocycles. The van der Waals surface area contributed by atoms with E-state index in [1.807, 2.05) is 0 Å². The van der Waals surface area contributed by atoms with Gasteiger partial charge in [0.1, 0.15) is 11.4 Å². The van der Waals surface area contributed by atoms with E-state index < -0.39 is 13.2 Å². The van der Waals surface area contributed by atoms with Crippen LogP contribution in [0, 0.1) is 0 Å². The summed E-state index contributed by atoms with van der Waals surface area (Å²) in [6.07, 6.45) is 0. The van der Waals surface area contributed by atoms with Crippen molar-refractivity contribution in [2.75, 3.05) is 18.3 Å². The standard InChI is InChI=1S/C11H16NO6P/c1-3-17-10-8-6-5-7-9(10)12(18-4-2)11(13)19(14,15)16/h5-8H,3-4H2,1-2H3,(H2,14,15,16). The van der Waals surface area contributed by atoms with Gasteiger partial charge in [-0.2, -0.15) is 5.06 Å². The van der Waals surface area contributed by atoms with Crippen molar-refractivity contribution in [3.63, 3.8) is 0 Å². The second-order valence-electron chi connectivity index (χ2n) is 3.44. The molecule has 2 N–H and O–H groups in total. The molecule has 0 saturated carbocycles. The van der Waals surface area contributed by atoms with Crippen LogP contribution in [0.2, 0.25) is 0 Å². The summed E-state index contributed by atoms with van der Waals surface area (Å²) >= 11 is 0. The first-order valence-electron chi connectivity index (χ1n) is 5.66. The fourth-order valence-corrected chi connectivity index (χ4v) is 1.78. The van der Waals surface area contributed by atoms with E-state index in [0.717, 1.165) is 0 Å². The smallest absolute Gasteiger partial charge is 0.415 e. The van der Waals surface area contributed by atoms with Gasteiger partial charge in [-0.3, -0.25) is 9.63 Å². The number of amides is 1. The number of benzene rings is 1. The van der Waals surface area contributed by atoms with Gasteiger partial charge in [0.2, 0.25) is 0 Å². The summed E-state index contributed by atoms with van der Waals surface area (Å²) in [4.78, 5) is 34.6. The van der Waals surface area contributed by atoms with Gasteiger partial charge in [0.25, 0.3) is 0 Å². The van der Waals surface area contributed by atoms with Crippen LogP contribution in [0.5, 0.6) is 5.75 Å². The van der Waals surface area contributed by atoms with Gasteiger partial charge in [0.05, 0.1) is 13.2 Å². The van der Waals surface area contributed by atoms with Gasteiger partial charge in [-0.1, -0.05) is 12.1 Å². The average Bonchev–Trinajstić information content (AvgIpc) is 2.35. The van der Waals surface area contributed by atoms with Crippen molar-refractivity contribution in [2.24, 2.45) is 0 Å². The number of ether oxygens (including phenoxy) is 1. The van der Waals surface area contributed by atoms with E-state index in [1.54, 1.807) is 32.0 Å². The SMILES string of the molecule is CCOc1ccccc1N(OCC)C(=O)P(=O)(O)O. The highest BCUT2D eigenvalue weighted by molar-refractivity contribution is 7.70. The number of rotatable bonds is 6. The summed E-state index contributed by atoms with van der Waals surface area (Å²) in [6.45, 7) is 3.78. The Bertz CT molecular complexity index is 486. The lowest BCUT2D eigenvalue weighted by Gasteiger charge is -2.23. The molecule has 8 heteroatoms. The lowest BCUT2D eigenvalue weighted by atomic mass is 10.3. The van der Waals surface area contributed by atoms with Gasteiger partial charge in [-0.05, 0) is 26.0 Å². The first-order chi connectivity index (χ1) is 8.91. The fraction of sp³-hybridized carbons (Fsp3) is 0.364. The summed E-state index contributed by atoms with van der Waals surface area (Å²) in [5.41, 5.74) is -1.28. The summed E-state index contributed by atoms with van der Waals surface area (Å²) in [5, 5.41) is 0.575. The summed E-state index contributed by atoms with van der Waals surface area (Å²) < 4.78 is 16.4. The average molecular weight is 289 g/mol. The first kappa shape index (κ1) is 15.7. The molecule has 0 aliphatic carbocycles. The zero-order valence-corrected chi connectivity index (χ0v) is 11.5. The molecule has 1 amide bonds. The molecule has 7 nitrogen and oxygen atoms in total.